The number of nitrogens with one attached hydrogen (secondary N) is 1. The lowest BCUT2D eigenvalue weighted by atomic mass is 9.98. The number of rotatable bonds is 6. The number of benzene rings is 2. The van der Waals surface area contributed by atoms with Gasteiger partial charge in [0.2, 0.25) is 15.9 Å². The average molecular weight is 417 g/mol. The van der Waals surface area contributed by atoms with Crippen LogP contribution in [0.4, 0.5) is 0 Å². The summed E-state index contributed by atoms with van der Waals surface area (Å²) in [6.07, 6.45) is 1.34. The van der Waals surface area contributed by atoms with E-state index in [-0.39, 0.29) is 29.3 Å². The first kappa shape index (κ1) is 21.3. The Morgan fingerprint density at radius 2 is 1.93 bits per heavy atom. The lowest BCUT2D eigenvalue weighted by Gasteiger charge is -2.32. The van der Waals surface area contributed by atoms with E-state index < -0.39 is 10.0 Å². The predicted molar refractivity (Wildman–Crippen MR) is 112 cm³/mol. The van der Waals surface area contributed by atoms with E-state index in [1.165, 1.54) is 4.31 Å². The van der Waals surface area contributed by atoms with E-state index in [9.17, 15) is 13.2 Å². The van der Waals surface area contributed by atoms with Crippen molar-refractivity contribution >= 4 is 15.9 Å². The minimum Gasteiger partial charge on any atom is -0.496 e. The van der Waals surface area contributed by atoms with Crippen molar-refractivity contribution in [2.45, 2.75) is 37.6 Å². The second-order valence-corrected chi connectivity index (χ2v) is 9.41. The van der Waals surface area contributed by atoms with Crippen LogP contribution in [0.15, 0.2) is 53.4 Å². The largest absolute Gasteiger partial charge is 0.496 e. The minimum absolute atomic E-state index is 0.104. The summed E-state index contributed by atoms with van der Waals surface area (Å²) in [7, 11) is -2.10. The third-order valence-corrected chi connectivity index (χ3v) is 7.28. The Labute approximate surface area is 172 Å². The van der Waals surface area contributed by atoms with Crippen LogP contribution in [0.1, 0.15) is 36.9 Å². The Bertz CT molecular complexity index is 960. The highest BCUT2D eigenvalue weighted by molar-refractivity contribution is 7.89. The van der Waals surface area contributed by atoms with Crippen LogP contribution in [0.25, 0.3) is 0 Å². The fourth-order valence-electron chi connectivity index (χ4n) is 3.69. The zero-order valence-electron chi connectivity index (χ0n) is 17.1. The van der Waals surface area contributed by atoms with E-state index in [0.717, 1.165) is 11.1 Å². The zero-order chi connectivity index (χ0) is 21.0. The number of amides is 1. The van der Waals surface area contributed by atoms with Gasteiger partial charge in [0, 0.05) is 13.1 Å². The molecule has 0 unspecified atom stereocenters. The highest BCUT2D eigenvalue weighted by atomic mass is 32.2. The number of nitrogens with zero attached hydrogens (tertiary/aromatic N) is 1. The molecule has 3 rings (SSSR count). The molecule has 1 saturated heterocycles. The van der Waals surface area contributed by atoms with Gasteiger partial charge in [-0.3, -0.25) is 4.79 Å². The van der Waals surface area contributed by atoms with Gasteiger partial charge < -0.3 is 10.1 Å². The third-order valence-electron chi connectivity index (χ3n) is 5.42. The number of aryl methyl sites for hydroxylation is 1. The van der Waals surface area contributed by atoms with E-state index in [1.54, 1.807) is 25.3 Å². The molecule has 2 aromatic carbocycles. The fourth-order valence-corrected chi connectivity index (χ4v) is 5.30. The van der Waals surface area contributed by atoms with E-state index in [1.807, 2.05) is 44.2 Å². The maximum Gasteiger partial charge on any atom is 0.243 e. The SMILES string of the molecule is COc1ccc(S(=O)(=O)N2CCC[C@@H](C(=O)N[C@@H](C)c3ccccc3)C2)cc1C. The van der Waals surface area contributed by atoms with Gasteiger partial charge in [-0.05, 0) is 56.0 Å². The molecule has 6 nitrogen and oxygen atoms in total. The second-order valence-electron chi connectivity index (χ2n) is 7.47. The molecule has 0 spiro atoms. The molecule has 1 aliphatic rings. The molecule has 0 radical (unpaired) electrons. The number of hydrogen-bond donors (Lipinski definition) is 1. The molecule has 0 aromatic heterocycles. The van der Waals surface area contributed by atoms with Crippen molar-refractivity contribution in [3.63, 3.8) is 0 Å². The standard InChI is InChI=1S/C22H28N2O4S/c1-16-14-20(11-12-21(16)28-3)29(26,27)24-13-7-10-19(15-24)22(25)23-17(2)18-8-5-4-6-9-18/h4-6,8-9,11-12,14,17,19H,7,10,13,15H2,1-3H3,(H,23,25)/t17-,19+/m0/s1. The van der Waals surface area contributed by atoms with Crippen molar-refractivity contribution in [1.82, 2.24) is 9.62 Å². The van der Waals surface area contributed by atoms with Gasteiger partial charge in [0.1, 0.15) is 5.75 Å². The van der Waals surface area contributed by atoms with E-state index in [0.29, 0.717) is 25.1 Å². The van der Waals surface area contributed by atoms with Crippen LogP contribution in [0.2, 0.25) is 0 Å². The molecule has 1 amide bonds. The molecule has 2 aromatic rings. The van der Waals surface area contributed by atoms with Crippen molar-refractivity contribution in [2.75, 3.05) is 20.2 Å². The normalized spacial score (nSPS) is 18.8. The first-order valence-corrected chi connectivity index (χ1v) is 11.3. The monoisotopic (exact) mass is 416 g/mol. The molecule has 1 aliphatic heterocycles. The molecule has 0 saturated carbocycles. The van der Waals surface area contributed by atoms with Crippen LogP contribution < -0.4 is 10.1 Å². The summed E-state index contributed by atoms with van der Waals surface area (Å²) < 4.78 is 32.9. The number of carbonyl (C=O) groups is 1. The molecule has 1 fully saturated rings. The zero-order valence-corrected chi connectivity index (χ0v) is 17.9. The number of sulfonamides is 1. The lowest BCUT2D eigenvalue weighted by Crippen LogP contribution is -2.45. The summed E-state index contributed by atoms with van der Waals surface area (Å²) in [6.45, 7) is 4.37. The Balaban J connectivity index is 1.71. The molecular formula is C22H28N2O4S. The van der Waals surface area contributed by atoms with Crippen LogP contribution in [0, 0.1) is 12.8 Å². The first-order valence-electron chi connectivity index (χ1n) is 9.83. The topological polar surface area (TPSA) is 75.7 Å². The van der Waals surface area contributed by atoms with Crippen molar-refractivity contribution in [3.05, 3.63) is 59.7 Å². The van der Waals surface area contributed by atoms with E-state index in [4.69, 9.17) is 4.74 Å². The molecule has 1 heterocycles. The van der Waals surface area contributed by atoms with E-state index in [2.05, 4.69) is 5.32 Å². The fraction of sp³-hybridized carbons (Fsp3) is 0.409. The summed E-state index contributed by atoms with van der Waals surface area (Å²) in [5.41, 5.74) is 1.78. The van der Waals surface area contributed by atoms with Gasteiger partial charge in [0.05, 0.1) is 24.0 Å². The molecule has 7 heteroatoms. The molecule has 29 heavy (non-hydrogen) atoms. The Hall–Kier alpha value is -2.38. The Kier molecular flexibility index (Phi) is 6.59. The first-order chi connectivity index (χ1) is 13.8. The molecule has 0 aliphatic carbocycles. The van der Waals surface area contributed by atoms with Crippen LogP contribution in [0.5, 0.6) is 5.75 Å². The quantitative estimate of drug-likeness (QED) is 0.784. The summed E-state index contributed by atoms with van der Waals surface area (Å²) >= 11 is 0. The van der Waals surface area contributed by atoms with Crippen LogP contribution in [0.3, 0.4) is 0 Å². The van der Waals surface area contributed by atoms with Gasteiger partial charge in [-0.25, -0.2) is 8.42 Å². The van der Waals surface area contributed by atoms with Crippen molar-refractivity contribution in [1.29, 1.82) is 0 Å². The Morgan fingerprint density at radius 3 is 2.59 bits per heavy atom. The summed E-state index contributed by atoms with van der Waals surface area (Å²) in [5, 5.41) is 3.02. The minimum atomic E-state index is -3.66. The molecular weight excluding hydrogens is 388 g/mol. The number of piperidine rings is 1. The second kappa shape index (κ2) is 8.97. The van der Waals surface area contributed by atoms with Gasteiger partial charge in [-0.15, -0.1) is 0 Å². The Morgan fingerprint density at radius 1 is 1.21 bits per heavy atom. The number of methoxy groups -OCH3 is 1. The predicted octanol–water partition coefficient (Wildman–Crippen LogP) is 3.28. The average Bonchev–Trinajstić information content (AvgIpc) is 2.74. The smallest absolute Gasteiger partial charge is 0.243 e. The van der Waals surface area contributed by atoms with Gasteiger partial charge >= 0.3 is 0 Å². The molecule has 1 N–H and O–H groups in total. The van der Waals surface area contributed by atoms with Gasteiger partial charge in [0.25, 0.3) is 0 Å². The summed E-state index contributed by atoms with van der Waals surface area (Å²) in [6, 6.07) is 14.5. The van der Waals surface area contributed by atoms with Gasteiger partial charge in [-0.2, -0.15) is 4.31 Å². The van der Waals surface area contributed by atoms with Crippen molar-refractivity contribution < 1.29 is 17.9 Å². The molecule has 0 bridgehead atoms. The van der Waals surface area contributed by atoms with Gasteiger partial charge in [0.15, 0.2) is 0 Å². The maximum absolute atomic E-state index is 13.1. The van der Waals surface area contributed by atoms with Crippen LogP contribution in [-0.4, -0.2) is 38.8 Å². The van der Waals surface area contributed by atoms with Crippen molar-refractivity contribution in [3.8, 4) is 5.75 Å². The third kappa shape index (κ3) is 4.79. The number of hydrogen-bond acceptors (Lipinski definition) is 4. The summed E-state index contributed by atoms with van der Waals surface area (Å²) in [5.74, 6) is 0.186. The summed E-state index contributed by atoms with van der Waals surface area (Å²) in [4.78, 5) is 13.0. The highest BCUT2D eigenvalue weighted by Crippen LogP contribution is 2.27. The molecule has 2 atom stereocenters. The number of ether oxygens (including phenoxy) is 1. The van der Waals surface area contributed by atoms with Gasteiger partial charge in [-0.1, -0.05) is 30.3 Å². The van der Waals surface area contributed by atoms with E-state index >= 15 is 0 Å². The highest BCUT2D eigenvalue weighted by Gasteiger charge is 2.34. The number of carbonyl (C=O) groups excluding carboxylic acids is 1. The van der Waals surface area contributed by atoms with Crippen LogP contribution in [-0.2, 0) is 14.8 Å². The molecule has 156 valence electrons. The van der Waals surface area contributed by atoms with Crippen LogP contribution >= 0.6 is 0 Å². The maximum atomic E-state index is 13.1. The lowest BCUT2D eigenvalue weighted by molar-refractivity contribution is -0.126. The van der Waals surface area contributed by atoms with Crippen molar-refractivity contribution in [2.24, 2.45) is 5.92 Å².